The molecule has 28 heavy (non-hydrogen) atoms. The molecule has 0 spiro atoms. The third-order valence-electron chi connectivity index (χ3n) is 3.56. The van der Waals surface area contributed by atoms with Gasteiger partial charge in [0.2, 0.25) is 5.91 Å². The van der Waals surface area contributed by atoms with Crippen LogP contribution in [0, 0.1) is 19.8 Å². The number of nitrogens with one attached hydrogen (secondary N) is 2. The van der Waals surface area contributed by atoms with E-state index in [0.29, 0.717) is 17.1 Å². The van der Waals surface area contributed by atoms with E-state index in [1.165, 1.54) is 6.92 Å². The maximum Gasteiger partial charge on any atom is 0.256 e. The fourth-order valence-corrected chi connectivity index (χ4v) is 2.30. The van der Waals surface area contributed by atoms with Crippen LogP contribution in [0.1, 0.15) is 22.8 Å². The quantitative estimate of drug-likeness (QED) is 0.321. The maximum absolute atomic E-state index is 12.4. The van der Waals surface area contributed by atoms with Crippen molar-refractivity contribution in [3.05, 3.63) is 59.7 Å². The average molecular weight is 379 g/mol. The summed E-state index contributed by atoms with van der Waals surface area (Å²) in [6.45, 7) is 3.51. The van der Waals surface area contributed by atoms with Crippen LogP contribution in [0.15, 0.2) is 53.6 Å². The van der Waals surface area contributed by atoms with E-state index in [2.05, 4.69) is 28.6 Å². The first-order chi connectivity index (χ1) is 13.4. The SMILES string of the molecule is C#C.CC(=O)Nc1ccc(C(=O)N/C(CN)=N/N(C)c2cccc(C)c2)cc1. The minimum absolute atomic E-state index is 0.0892. The van der Waals surface area contributed by atoms with Gasteiger partial charge in [-0.3, -0.25) is 14.6 Å². The lowest BCUT2D eigenvalue weighted by molar-refractivity contribution is -0.114. The van der Waals surface area contributed by atoms with Crippen LogP contribution in [0.4, 0.5) is 11.4 Å². The first-order valence-electron chi connectivity index (χ1n) is 8.49. The van der Waals surface area contributed by atoms with E-state index in [4.69, 9.17) is 5.73 Å². The smallest absolute Gasteiger partial charge is 0.256 e. The van der Waals surface area contributed by atoms with Crippen molar-refractivity contribution in [3.8, 4) is 12.8 Å². The molecule has 0 radical (unpaired) electrons. The molecule has 7 nitrogen and oxygen atoms in total. The van der Waals surface area contributed by atoms with Gasteiger partial charge >= 0.3 is 0 Å². The number of amidine groups is 1. The zero-order valence-electron chi connectivity index (χ0n) is 16.3. The van der Waals surface area contributed by atoms with Crippen molar-refractivity contribution < 1.29 is 9.59 Å². The molecule has 0 fully saturated rings. The normalized spacial score (nSPS) is 10.3. The van der Waals surface area contributed by atoms with Crippen molar-refractivity contribution >= 4 is 29.0 Å². The van der Waals surface area contributed by atoms with Crippen LogP contribution in [-0.4, -0.2) is 31.2 Å². The van der Waals surface area contributed by atoms with E-state index in [1.807, 2.05) is 31.2 Å². The highest BCUT2D eigenvalue weighted by Crippen LogP contribution is 2.14. The van der Waals surface area contributed by atoms with Crippen LogP contribution in [0.5, 0.6) is 0 Å². The number of amides is 2. The van der Waals surface area contributed by atoms with E-state index in [1.54, 1.807) is 36.3 Å². The van der Waals surface area contributed by atoms with Gasteiger partial charge in [0.05, 0.1) is 12.2 Å². The summed E-state index contributed by atoms with van der Waals surface area (Å²) in [5.41, 5.74) is 8.79. The van der Waals surface area contributed by atoms with E-state index < -0.39 is 0 Å². The molecule has 0 saturated heterocycles. The van der Waals surface area contributed by atoms with Crippen molar-refractivity contribution in [2.45, 2.75) is 13.8 Å². The molecule has 0 unspecified atom stereocenters. The number of nitrogens with zero attached hydrogens (tertiary/aromatic N) is 2. The Bertz CT molecular complexity index is 857. The Morgan fingerprint density at radius 1 is 1.14 bits per heavy atom. The summed E-state index contributed by atoms with van der Waals surface area (Å²) in [6.07, 6.45) is 8.00. The topological polar surface area (TPSA) is 99.8 Å². The highest BCUT2D eigenvalue weighted by Gasteiger charge is 2.10. The van der Waals surface area contributed by atoms with Crippen LogP contribution in [0.25, 0.3) is 0 Å². The fraction of sp³-hybridized carbons (Fsp3) is 0.190. The molecule has 0 bridgehead atoms. The molecule has 2 aromatic carbocycles. The summed E-state index contributed by atoms with van der Waals surface area (Å²) in [6, 6.07) is 14.4. The average Bonchev–Trinajstić information content (AvgIpc) is 2.69. The molecule has 0 aromatic heterocycles. The minimum Gasteiger partial charge on any atom is -0.326 e. The molecular weight excluding hydrogens is 354 g/mol. The predicted molar refractivity (Wildman–Crippen MR) is 114 cm³/mol. The fourth-order valence-electron chi connectivity index (χ4n) is 2.30. The Hall–Kier alpha value is -3.63. The number of hydrogen-bond acceptors (Lipinski definition) is 5. The summed E-state index contributed by atoms with van der Waals surface area (Å²) in [5, 5.41) is 11.4. The summed E-state index contributed by atoms with van der Waals surface area (Å²) >= 11 is 0. The number of anilines is 2. The van der Waals surface area contributed by atoms with Crippen molar-refractivity contribution in [1.29, 1.82) is 0 Å². The minimum atomic E-state index is -0.318. The Kier molecular flexibility index (Phi) is 8.93. The number of benzene rings is 2. The zero-order valence-corrected chi connectivity index (χ0v) is 16.3. The number of aryl methyl sites for hydroxylation is 1. The molecule has 4 N–H and O–H groups in total. The van der Waals surface area contributed by atoms with Crippen molar-refractivity contribution in [2.75, 3.05) is 23.9 Å². The van der Waals surface area contributed by atoms with Crippen LogP contribution in [0.3, 0.4) is 0 Å². The molecule has 0 heterocycles. The molecule has 0 saturated carbocycles. The molecule has 2 rings (SSSR count). The second-order valence-electron chi connectivity index (χ2n) is 5.83. The lowest BCUT2D eigenvalue weighted by Crippen LogP contribution is -2.37. The van der Waals surface area contributed by atoms with Gasteiger partial charge in [0, 0.05) is 25.2 Å². The van der Waals surface area contributed by atoms with Gasteiger partial charge in [0.15, 0.2) is 0 Å². The number of carbonyl (C=O) groups excluding carboxylic acids is 2. The Morgan fingerprint density at radius 3 is 2.32 bits per heavy atom. The molecular formula is C21H25N5O2. The monoisotopic (exact) mass is 379 g/mol. The third-order valence-corrected chi connectivity index (χ3v) is 3.56. The van der Waals surface area contributed by atoms with Gasteiger partial charge in [-0.15, -0.1) is 12.8 Å². The number of hydrazone groups is 1. The zero-order chi connectivity index (χ0) is 21.1. The second kappa shape index (κ2) is 11.2. The Labute approximate surface area is 165 Å². The molecule has 7 heteroatoms. The van der Waals surface area contributed by atoms with Gasteiger partial charge in [-0.05, 0) is 48.9 Å². The highest BCUT2D eigenvalue weighted by molar-refractivity contribution is 6.07. The number of terminal acetylenes is 1. The Balaban J connectivity index is 0.00000190. The largest absolute Gasteiger partial charge is 0.326 e. The number of carbonyl (C=O) groups is 2. The highest BCUT2D eigenvalue weighted by atomic mass is 16.2. The van der Waals surface area contributed by atoms with Gasteiger partial charge in [0.25, 0.3) is 5.91 Å². The molecule has 146 valence electrons. The number of hydrogen-bond donors (Lipinski definition) is 3. The molecule has 0 aliphatic heterocycles. The van der Waals surface area contributed by atoms with Crippen LogP contribution < -0.4 is 21.4 Å². The van der Waals surface area contributed by atoms with Crippen LogP contribution in [0.2, 0.25) is 0 Å². The van der Waals surface area contributed by atoms with Crippen molar-refractivity contribution in [2.24, 2.45) is 10.8 Å². The Morgan fingerprint density at radius 2 is 1.79 bits per heavy atom. The molecule has 0 atom stereocenters. The van der Waals surface area contributed by atoms with E-state index >= 15 is 0 Å². The number of nitrogens with two attached hydrogens (primary N) is 1. The van der Waals surface area contributed by atoms with Crippen LogP contribution in [-0.2, 0) is 4.79 Å². The summed E-state index contributed by atoms with van der Waals surface area (Å²) < 4.78 is 0. The van der Waals surface area contributed by atoms with Gasteiger partial charge < -0.3 is 16.4 Å². The summed E-state index contributed by atoms with van der Waals surface area (Å²) in [7, 11) is 1.79. The standard InChI is InChI=1S/C19H23N5O2.C2H2/c1-13-5-4-6-17(11-13)24(3)23-18(12-20)22-19(26)15-7-9-16(10-8-15)21-14(2)25;1-2/h4-11H,12,20H2,1-3H3,(H,21,25)(H,22,23,26);1-2H. The third kappa shape index (κ3) is 6.94. The van der Waals surface area contributed by atoms with E-state index in [-0.39, 0.29) is 18.4 Å². The first-order valence-corrected chi connectivity index (χ1v) is 8.49. The maximum atomic E-state index is 12.4. The molecule has 2 aromatic rings. The number of rotatable bonds is 5. The van der Waals surface area contributed by atoms with Crippen LogP contribution >= 0.6 is 0 Å². The van der Waals surface area contributed by atoms with E-state index in [9.17, 15) is 9.59 Å². The summed E-state index contributed by atoms with van der Waals surface area (Å²) in [4.78, 5) is 23.4. The van der Waals surface area contributed by atoms with E-state index in [0.717, 1.165) is 11.3 Å². The van der Waals surface area contributed by atoms with Gasteiger partial charge in [0.1, 0.15) is 5.84 Å². The van der Waals surface area contributed by atoms with Gasteiger partial charge in [-0.1, -0.05) is 12.1 Å². The lowest BCUT2D eigenvalue weighted by Gasteiger charge is -2.16. The van der Waals surface area contributed by atoms with Crippen molar-refractivity contribution in [1.82, 2.24) is 5.32 Å². The molecule has 0 aliphatic rings. The van der Waals surface area contributed by atoms with Crippen molar-refractivity contribution in [3.63, 3.8) is 0 Å². The van der Waals surface area contributed by atoms with Gasteiger partial charge in [-0.25, -0.2) is 0 Å². The predicted octanol–water partition coefficient (Wildman–Crippen LogP) is 2.34. The molecule has 2 amide bonds. The molecule has 0 aliphatic carbocycles. The summed E-state index contributed by atoms with van der Waals surface area (Å²) in [5.74, 6) is -0.134. The lowest BCUT2D eigenvalue weighted by atomic mass is 10.2. The second-order valence-corrected chi connectivity index (χ2v) is 5.83. The van der Waals surface area contributed by atoms with Gasteiger partial charge in [-0.2, -0.15) is 5.10 Å². The first kappa shape index (κ1) is 22.4.